The van der Waals surface area contributed by atoms with Crippen LogP contribution in [0, 0.1) is 11.3 Å². The van der Waals surface area contributed by atoms with E-state index in [1.54, 1.807) is 7.11 Å². The Bertz CT molecular complexity index is 1050. The fraction of sp³-hybridized carbons (Fsp3) is 0.238. The topological polar surface area (TPSA) is 69.1 Å². The molecule has 0 bridgehead atoms. The SMILES string of the molecule is COc1ccc2[nH]c(C(=O)N3c4ccccc4CC3C)c(CC#N)c2c1. The van der Waals surface area contributed by atoms with Gasteiger partial charge in [-0.25, -0.2) is 0 Å². The minimum atomic E-state index is -0.0946. The monoisotopic (exact) mass is 345 g/mol. The Morgan fingerprint density at radius 3 is 2.92 bits per heavy atom. The third-order valence-electron chi connectivity index (χ3n) is 5.01. The van der Waals surface area contributed by atoms with E-state index in [2.05, 4.69) is 17.1 Å². The van der Waals surface area contributed by atoms with Gasteiger partial charge in [-0.3, -0.25) is 4.79 Å². The number of hydrogen-bond acceptors (Lipinski definition) is 3. The normalized spacial score (nSPS) is 15.7. The second kappa shape index (κ2) is 6.23. The summed E-state index contributed by atoms with van der Waals surface area (Å²) in [6, 6.07) is 15.8. The molecule has 1 aliphatic heterocycles. The van der Waals surface area contributed by atoms with Gasteiger partial charge in [-0.2, -0.15) is 5.26 Å². The van der Waals surface area contributed by atoms with E-state index in [1.165, 1.54) is 5.56 Å². The highest BCUT2D eigenvalue weighted by Crippen LogP contribution is 2.35. The Morgan fingerprint density at radius 2 is 2.15 bits per heavy atom. The van der Waals surface area contributed by atoms with Gasteiger partial charge >= 0.3 is 0 Å². The fourth-order valence-electron chi connectivity index (χ4n) is 3.79. The standard InChI is InChI=1S/C21H19N3O2/c1-13-11-14-5-3-4-6-19(14)24(13)21(25)20-16(9-10-22)17-12-15(26-2)7-8-18(17)23-20/h3-8,12-13,23H,9,11H2,1-2H3. The van der Waals surface area contributed by atoms with Crippen LogP contribution in [0.5, 0.6) is 5.75 Å². The summed E-state index contributed by atoms with van der Waals surface area (Å²) in [6.07, 6.45) is 1.00. The molecule has 26 heavy (non-hydrogen) atoms. The summed E-state index contributed by atoms with van der Waals surface area (Å²) in [5.41, 5.74) is 4.16. The predicted molar refractivity (Wildman–Crippen MR) is 101 cm³/mol. The summed E-state index contributed by atoms with van der Waals surface area (Å²) in [7, 11) is 1.60. The largest absolute Gasteiger partial charge is 0.497 e. The number of amides is 1. The summed E-state index contributed by atoms with van der Waals surface area (Å²) < 4.78 is 5.30. The van der Waals surface area contributed by atoms with Crippen LogP contribution in [-0.4, -0.2) is 24.0 Å². The molecule has 5 nitrogen and oxygen atoms in total. The van der Waals surface area contributed by atoms with Crippen molar-refractivity contribution in [1.29, 1.82) is 5.26 Å². The lowest BCUT2D eigenvalue weighted by Crippen LogP contribution is -2.36. The molecule has 1 aliphatic rings. The fourth-order valence-corrected chi connectivity index (χ4v) is 3.79. The Kier molecular flexibility index (Phi) is 3.89. The first-order valence-corrected chi connectivity index (χ1v) is 8.61. The van der Waals surface area contributed by atoms with Crippen LogP contribution in [0.1, 0.15) is 28.5 Å². The molecule has 2 heterocycles. The summed E-state index contributed by atoms with van der Waals surface area (Å²) in [5, 5.41) is 10.1. The first-order chi connectivity index (χ1) is 12.6. The maximum atomic E-state index is 13.4. The van der Waals surface area contributed by atoms with E-state index in [9.17, 15) is 10.1 Å². The number of methoxy groups -OCH3 is 1. The van der Waals surface area contributed by atoms with Gasteiger partial charge in [0.1, 0.15) is 11.4 Å². The van der Waals surface area contributed by atoms with Gasteiger partial charge in [-0.05, 0) is 43.2 Å². The molecule has 0 radical (unpaired) electrons. The highest BCUT2D eigenvalue weighted by Gasteiger charge is 2.33. The number of nitriles is 1. The number of H-pyrrole nitrogens is 1. The Hall–Kier alpha value is -3.26. The molecule has 3 aromatic rings. The molecule has 1 aromatic heterocycles. The number of aromatic nitrogens is 1. The van der Waals surface area contributed by atoms with E-state index in [4.69, 9.17) is 4.74 Å². The zero-order chi connectivity index (χ0) is 18.3. The van der Waals surface area contributed by atoms with E-state index in [0.717, 1.165) is 28.6 Å². The summed E-state index contributed by atoms with van der Waals surface area (Å²) >= 11 is 0. The van der Waals surface area contributed by atoms with Crippen molar-refractivity contribution in [2.24, 2.45) is 0 Å². The third-order valence-corrected chi connectivity index (χ3v) is 5.01. The van der Waals surface area contributed by atoms with Crippen LogP contribution in [0.2, 0.25) is 0 Å². The number of carbonyl (C=O) groups is 1. The molecular weight excluding hydrogens is 326 g/mol. The summed E-state index contributed by atoms with van der Waals surface area (Å²) in [4.78, 5) is 18.5. The Labute approximate surface area is 151 Å². The van der Waals surface area contributed by atoms with Crippen LogP contribution < -0.4 is 9.64 Å². The summed E-state index contributed by atoms with van der Waals surface area (Å²) in [5.74, 6) is 0.609. The number of anilines is 1. The second-order valence-corrected chi connectivity index (χ2v) is 6.58. The van der Waals surface area contributed by atoms with Crippen LogP contribution in [0.3, 0.4) is 0 Å². The molecule has 5 heteroatoms. The molecule has 0 fully saturated rings. The van der Waals surface area contributed by atoms with E-state index in [-0.39, 0.29) is 18.4 Å². The van der Waals surface area contributed by atoms with Crippen molar-refractivity contribution in [3.8, 4) is 11.8 Å². The van der Waals surface area contributed by atoms with Gasteiger partial charge in [0.15, 0.2) is 0 Å². The first kappa shape index (κ1) is 16.2. The van der Waals surface area contributed by atoms with E-state index in [0.29, 0.717) is 11.4 Å². The van der Waals surface area contributed by atoms with Crippen LogP contribution in [0.15, 0.2) is 42.5 Å². The maximum absolute atomic E-state index is 13.4. The van der Waals surface area contributed by atoms with Crippen LogP contribution >= 0.6 is 0 Å². The van der Waals surface area contributed by atoms with Gasteiger partial charge in [0, 0.05) is 28.2 Å². The van der Waals surface area contributed by atoms with Crippen LogP contribution in [0.4, 0.5) is 5.69 Å². The zero-order valence-corrected chi connectivity index (χ0v) is 14.7. The van der Waals surface area contributed by atoms with Gasteiger partial charge in [0.25, 0.3) is 5.91 Å². The number of ether oxygens (including phenoxy) is 1. The lowest BCUT2D eigenvalue weighted by molar-refractivity contribution is 0.0976. The minimum absolute atomic E-state index is 0.0794. The Balaban J connectivity index is 1.85. The van der Waals surface area contributed by atoms with Crippen LogP contribution in [0.25, 0.3) is 10.9 Å². The number of carbonyl (C=O) groups excluding carboxylic acids is 1. The molecule has 130 valence electrons. The van der Waals surface area contributed by atoms with E-state index >= 15 is 0 Å². The lowest BCUT2D eigenvalue weighted by Gasteiger charge is -2.22. The number of fused-ring (bicyclic) bond motifs is 2. The van der Waals surface area contributed by atoms with Gasteiger partial charge in [-0.1, -0.05) is 18.2 Å². The molecule has 0 saturated carbocycles. The number of benzene rings is 2. The lowest BCUT2D eigenvalue weighted by atomic mass is 10.1. The predicted octanol–water partition coefficient (Wildman–Crippen LogP) is 3.83. The Morgan fingerprint density at radius 1 is 1.35 bits per heavy atom. The molecule has 1 atom stereocenters. The summed E-state index contributed by atoms with van der Waals surface area (Å²) in [6.45, 7) is 2.05. The number of nitrogens with one attached hydrogen (secondary N) is 1. The van der Waals surface area contributed by atoms with Gasteiger partial charge in [-0.15, -0.1) is 0 Å². The highest BCUT2D eigenvalue weighted by molar-refractivity contribution is 6.10. The number of aromatic amines is 1. The van der Waals surface area contributed by atoms with Crippen molar-refractivity contribution in [2.45, 2.75) is 25.8 Å². The van der Waals surface area contributed by atoms with Crippen LogP contribution in [-0.2, 0) is 12.8 Å². The average Bonchev–Trinajstić information content (AvgIpc) is 3.18. The van der Waals surface area contributed by atoms with Crippen molar-refractivity contribution in [1.82, 2.24) is 4.98 Å². The van der Waals surface area contributed by atoms with Crippen molar-refractivity contribution < 1.29 is 9.53 Å². The smallest absolute Gasteiger partial charge is 0.275 e. The molecule has 2 aromatic carbocycles. The number of nitrogens with zero attached hydrogens (tertiary/aromatic N) is 2. The van der Waals surface area contributed by atoms with E-state index < -0.39 is 0 Å². The molecule has 1 N–H and O–H groups in total. The van der Waals surface area contributed by atoms with Crippen molar-refractivity contribution >= 4 is 22.5 Å². The number of hydrogen-bond donors (Lipinski definition) is 1. The van der Waals surface area contributed by atoms with E-state index in [1.807, 2.05) is 48.2 Å². The quantitative estimate of drug-likeness (QED) is 0.784. The van der Waals surface area contributed by atoms with Crippen molar-refractivity contribution in [3.63, 3.8) is 0 Å². The molecule has 0 spiro atoms. The zero-order valence-electron chi connectivity index (χ0n) is 14.7. The average molecular weight is 345 g/mol. The van der Waals surface area contributed by atoms with Gasteiger partial charge in [0.2, 0.25) is 0 Å². The third kappa shape index (κ3) is 2.42. The second-order valence-electron chi connectivity index (χ2n) is 6.58. The molecule has 0 aliphatic carbocycles. The molecule has 1 amide bonds. The van der Waals surface area contributed by atoms with Crippen molar-refractivity contribution in [3.05, 3.63) is 59.3 Å². The number of rotatable bonds is 3. The molecule has 4 rings (SSSR count). The molecule has 0 saturated heterocycles. The molecular formula is C21H19N3O2. The maximum Gasteiger partial charge on any atom is 0.275 e. The highest BCUT2D eigenvalue weighted by atomic mass is 16.5. The minimum Gasteiger partial charge on any atom is -0.497 e. The number of para-hydroxylation sites is 1. The molecule has 1 unspecified atom stereocenters. The first-order valence-electron chi connectivity index (χ1n) is 8.61. The van der Waals surface area contributed by atoms with Crippen molar-refractivity contribution in [2.75, 3.05) is 12.0 Å². The van der Waals surface area contributed by atoms with Gasteiger partial charge in [0.05, 0.1) is 19.6 Å². The van der Waals surface area contributed by atoms with Gasteiger partial charge < -0.3 is 14.6 Å².